The molecule has 0 amide bonds. The van der Waals surface area contributed by atoms with E-state index in [-0.39, 0.29) is 15.9 Å². The maximum Gasteiger partial charge on any atom is 0.263 e. The molecule has 0 saturated heterocycles. The molecular weight excluding hydrogens is 430 g/mol. The molecule has 1 aromatic heterocycles. The molecule has 0 atom stereocenters. The highest BCUT2D eigenvalue weighted by atomic mass is 35.5. The zero-order valence-electron chi connectivity index (χ0n) is 15.6. The van der Waals surface area contributed by atoms with Gasteiger partial charge < -0.3 is 10.6 Å². The summed E-state index contributed by atoms with van der Waals surface area (Å²) in [5.41, 5.74) is 3.79. The molecule has 0 unspecified atom stereocenters. The highest BCUT2D eigenvalue weighted by Gasteiger charge is 2.15. The number of rotatable bonds is 5. The van der Waals surface area contributed by atoms with Crippen LogP contribution >= 0.6 is 23.8 Å². The van der Waals surface area contributed by atoms with Gasteiger partial charge in [-0.1, -0.05) is 17.7 Å². The van der Waals surface area contributed by atoms with E-state index in [2.05, 4.69) is 31.6 Å². The number of hydrogen-bond acceptors (Lipinski definition) is 5. The lowest BCUT2D eigenvalue weighted by molar-refractivity contribution is 0.601. The monoisotopic (exact) mass is 447 g/mol. The lowest BCUT2D eigenvalue weighted by atomic mass is 10.1. The van der Waals surface area contributed by atoms with Gasteiger partial charge in [0, 0.05) is 11.4 Å². The number of aromatic nitrogens is 2. The van der Waals surface area contributed by atoms with Gasteiger partial charge in [0.15, 0.2) is 16.1 Å². The van der Waals surface area contributed by atoms with Crippen molar-refractivity contribution < 1.29 is 8.42 Å². The molecule has 2 aromatic carbocycles. The number of thiocarbonyl (C=S) groups is 1. The molecule has 0 bridgehead atoms. The van der Waals surface area contributed by atoms with Crippen LogP contribution in [0.5, 0.6) is 0 Å². The lowest BCUT2D eigenvalue weighted by Gasteiger charge is -2.12. The van der Waals surface area contributed by atoms with Crippen molar-refractivity contribution in [2.45, 2.75) is 18.7 Å². The first-order valence-corrected chi connectivity index (χ1v) is 10.8. The highest BCUT2D eigenvalue weighted by Crippen LogP contribution is 2.18. The van der Waals surface area contributed by atoms with E-state index in [1.165, 1.54) is 24.3 Å². The second-order valence-electron chi connectivity index (χ2n) is 6.33. The predicted molar refractivity (Wildman–Crippen MR) is 120 cm³/mol. The van der Waals surface area contributed by atoms with Crippen LogP contribution in [0.25, 0.3) is 0 Å². The number of nitrogens with one attached hydrogen (secondary N) is 3. The van der Waals surface area contributed by atoms with Gasteiger partial charge in [0.2, 0.25) is 0 Å². The molecule has 0 radical (unpaired) electrons. The average molecular weight is 448 g/mol. The highest BCUT2D eigenvalue weighted by molar-refractivity contribution is 7.92. The Bertz CT molecular complexity index is 1110. The number of aryl methyl sites for hydroxylation is 2. The third-order valence-electron chi connectivity index (χ3n) is 3.77. The van der Waals surface area contributed by atoms with E-state index >= 15 is 0 Å². The Hall–Kier alpha value is -2.75. The largest absolute Gasteiger partial charge is 0.332 e. The molecule has 3 N–H and O–H groups in total. The Morgan fingerprint density at radius 1 is 0.897 bits per heavy atom. The van der Waals surface area contributed by atoms with Gasteiger partial charge >= 0.3 is 0 Å². The quantitative estimate of drug-likeness (QED) is 0.500. The first kappa shape index (κ1) is 21.0. The van der Waals surface area contributed by atoms with Crippen molar-refractivity contribution in [2.75, 3.05) is 15.4 Å². The minimum atomic E-state index is -3.80. The molecule has 10 heteroatoms. The number of halogens is 1. The van der Waals surface area contributed by atoms with Crippen LogP contribution in [-0.2, 0) is 10.0 Å². The van der Waals surface area contributed by atoms with Crippen LogP contribution in [0.1, 0.15) is 11.1 Å². The molecule has 3 rings (SSSR count). The van der Waals surface area contributed by atoms with Gasteiger partial charge in [0.05, 0.1) is 4.90 Å². The van der Waals surface area contributed by atoms with Crippen LogP contribution in [0.4, 0.5) is 17.2 Å². The molecular formula is C19H18ClN5O2S2. The van der Waals surface area contributed by atoms with Gasteiger partial charge in [-0.3, -0.25) is 4.72 Å². The van der Waals surface area contributed by atoms with Gasteiger partial charge in [-0.05, 0) is 85.7 Å². The maximum atomic E-state index is 12.5. The van der Waals surface area contributed by atoms with E-state index in [9.17, 15) is 8.42 Å². The van der Waals surface area contributed by atoms with Crippen molar-refractivity contribution in [3.05, 3.63) is 70.9 Å². The summed E-state index contributed by atoms with van der Waals surface area (Å²) in [7, 11) is -3.80. The fourth-order valence-electron chi connectivity index (χ4n) is 2.62. The Morgan fingerprint density at radius 2 is 1.52 bits per heavy atom. The van der Waals surface area contributed by atoms with Crippen LogP contribution in [0.2, 0.25) is 5.15 Å². The summed E-state index contributed by atoms with van der Waals surface area (Å²) in [6.07, 6.45) is 0. The summed E-state index contributed by atoms with van der Waals surface area (Å²) in [4.78, 5) is 0.0768. The van der Waals surface area contributed by atoms with Crippen molar-refractivity contribution in [3.63, 3.8) is 0 Å². The zero-order valence-corrected chi connectivity index (χ0v) is 18.0. The van der Waals surface area contributed by atoms with Crippen molar-refractivity contribution in [1.82, 2.24) is 10.2 Å². The van der Waals surface area contributed by atoms with Gasteiger partial charge in [-0.2, -0.15) is 0 Å². The molecule has 29 heavy (non-hydrogen) atoms. The van der Waals surface area contributed by atoms with E-state index in [1.807, 2.05) is 26.0 Å². The molecule has 0 saturated carbocycles. The fourth-order valence-corrected chi connectivity index (χ4v) is 3.96. The molecule has 150 valence electrons. The summed E-state index contributed by atoms with van der Waals surface area (Å²) >= 11 is 11.0. The maximum absolute atomic E-state index is 12.5. The molecule has 3 aromatic rings. The second kappa shape index (κ2) is 8.73. The molecule has 0 aliphatic heterocycles. The minimum absolute atomic E-state index is 0.0768. The number of nitrogens with zero attached hydrogens (tertiary/aromatic N) is 2. The number of hydrogen-bond donors (Lipinski definition) is 3. The van der Waals surface area contributed by atoms with Crippen LogP contribution in [0, 0.1) is 13.8 Å². The van der Waals surface area contributed by atoms with Crippen LogP contribution in [-0.4, -0.2) is 23.7 Å². The Kier molecular flexibility index (Phi) is 6.31. The lowest BCUT2D eigenvalue weighted by Crippen LogP contribution is -2.19. The third-order valence-corrected chi connectivity index (χ3v) is 5.55. The summed E-state index contributed by atoms with van der Waals surface area (Å²) in [5, 5.41) is 14.0. The van der Waals surface area contributed by atoms with E-state index in [0.717, 1.165) is 16.8 Å². The molecule has 0 fully saturated rings. The van der Waals surface area contributed by atoms with Crippen LogP contribution in [0.15, 0.2) is 59.5 Å². The third kappa shape index (κ3) is 5.86. The summed E-state index contributed by atoms with van der Waals surface area (Å²) < 4.78 is 27.3. The molecule has 7 nitrogen and oxygen atoms in total. The topological polar surface area (TPSA) is 96.0 Å². The van der Waals surface area contributed by atoms with Crippen molar-refractivity contribution in [1.29, 1.82) is 0 Å². The van der Waals surface area contributed by atoms with Crippen molar-refractivity contribution >= 4 is 56.1 Å². The first-order valence-electron chi connectivity index (χ1n) is 8.50. The molecule has 0 aliphatic rings. The van der Waals surface area contributed by atoms with Crippen molar-refractivity contribution in [3.8, 4) is 0 Å². The van der Waals surface area contributed by atoms with E-state index in [0.29, 0.717) is 10.8 Å². The molecule has 0 spiro atoms. The normalized spacial score (nSPS) is 11.0. The van der Waals surface area contributed by atoms with Crippen LogP contribution in [0.3, 0.4) is 0 Å². The number of sulfonamides is 1. The second-order valence-corrected chi connectivity index (χ2v) is 8.80. The van der Waals surface area contributed by atoms with Gasteiger partial charge in [-0.25, -0.2) is 8.42 Å². The minimum Gasteiger partial charge on any atom is -0.332 e. The summed E-state index contributed by atoms with van der Waals surface area (Å²) in [6, 6.07) is 15.1. The summed E-state index contributed by atoms with van der Waals surface area (Å²) in [6.45, 7) is 4.02. The van der Waals surface area contributed by atoms with Gasteiger partial charge in [0.25, 0.3) is 10.0 Å². The first-order chi connectivity index (χ1) is 13.7. The predicted octanol–water partition coefficient (Wildman–Crippen LogP) is 4.36. The molecule has 1 heterocycles. The van der Waals surface area contributed by atoms with E-state index in [4.69, 9.17) is 23.8 Å². The number of benzene rings is 2. The Balaban J connectivity index is 1.66. The van der Waals surface area contributed by atoms with E-state index < -0.39 is 10.0 Å². The average Bonchev–Trinajstić information content (AvgIpc) is 2.63. The van der Waals surface area contributed by atoms with Gasteiger partial charge in [-0.15, -0.1) is 10.2 Å². The standard InChI is InChI=1S/C19H18ClN5O2S2/c1-12-9-13(2)11-15(10-12)22-19(28)21-14-3-5-16(6-4-14)29(26,27)25-18-8-7-17(20)23-24-18/h3-11H,1-2H3,(H,24,25)(H2,21,22,28). The molecule has 0 aliphatic carbocycles. The van der Waals surface area contributed by atoms with Crippen molar-refractivity contribution in [2.24, 2.45) is 0 Å². The van der Waals surface area contributed by atoms with Gasteiger partial charge in [0.1, 0.15) is 0 Å². The Morgan fingerprint density at radius 3 is 2.10 bits per heavy atom. The Labute approximate surface area is 179 Å². The van der Waals surface area contributed by atoms with E-state index in [1.54, 1.807) is 12.1 Å². The number of anilines is 3. The SMILES string of the molecule is Cc1cc(C)cc(NC(=S)Nc2ccc(S(=O)(=O)Nc3ccc(Cl)nn3)cc2)c1. The fraction of sp³-hybridized carbons (Fsp3) is 0.105. The van der Waals surface area contributed by atoms with Crippen LogP contribution < -0.4 is 15.4 Å². The smallest absolute Gasteiger partial charge is 0.263 e. The zero-order chi connectivity index (χ0) is 21.0. The summed E-state index contributed by atoms with van der Waals surface area (Å²) in [5.74, 6) is 0.0791.